The Morgan fingerprint density at radius 1 is 1.30 bits per heavy atom. The molecule has 3 N–H and O–H groups in total. The quantitative estimate of drug-likeness (QED) is 0.770. The van der Waals surface area contributed by atoms with Crippen molar-refractivity contribution in [1.82, 2.24) is 5.32 Å². The number of amides is 2. The highest BCUT2D eigenvalue weighted by Crippen LogP contribution is 2.10. The van der Waals surface area contributed by atoms with E-state index in [0.29, 0.717) is 24.8 Å². The van der Waals surface area contributed by atoms with Gasteiger partial charge in [0.05, 0.1) is 6.07 Å². The number of hydrogen-bond donors (Lipinski definition) is 2. The lowest BCUT2D eigenvalue weighted by Gasteiger charge is -2.15. The Labute approximate surface area is 118 Å². The molecule has 106 valence electrons. The number of nitrogens with zero attached hydrogens (tertiary/aromatic N) is 1. The first kappa shape index (κ1) is 15.7. The maximum atomic E-state index is 12.1. The van der Waals surface area contributed by atoms with E-state index in [2.05, 4.69) is 5.32 Å². The predicted molar refractivity (Wildman–Crippen MR) is 75.8 cm³/mol. The summed E-state index contributed by atoms with van der Waals surface area (Å²) >= 11 is 0. The number of nitrogens with two attached hydrogens (primary N) is 1. The average molecular weight is 273 g/mol. The van der Waals surface area contributed by atoms with Gasteiger partial charge in [-0.2, -0.15) is 5.26 Å². The summed E-state index contributed by atoms with van der Waals surface area (Å²) in [5.74, 6) is -0.904. The monoisotopic (exact) mass is 273 g/mol. The SMILES string of the molecule is Cc1cc(C)cc(C(=O)N[C@H](CCCC#N)C(N)=O)c1. The largest absolute Gasteiger partial charge is 0.368 e. The third-order valence-corrected chi connectivity index (χ3v) is 2.91. The van der Waals surface area contributed by atoms with Gasteiger partial charge in [0.1, 0.15) is 6.04 Å². The molecule has 0 aliphatic rings. The highest BCUT2D eigenvalue weighted by Gasteiger charge is 2.18. The van der Waals surface area contributed by atoms with Gasteiger partial charge in [0.25, 0.3) is 5.91 Å². The third-order valence-electron chi connectivity index (χ3n) is 2.91. The Hall–Kier alpha value is -2.35. The van der Waals surface area contributed by atoms with Crippen molar-refractivity contribution in [3.63, 3.8) is 0 Å². The van der Waals surface area contributed by atoms with Crippen LogP contribution < -0.4 is 11.1 Å². The topological polar surface area (TPSA) is 96.0 Å². The van der Waals surface area contributed by atoms with Crippen LogP contribution in [0.25, 0.3) is 0 Å². The van der Waals surface area contributed by atoms with Crippen molar-refractivity contribution < 1.29 is 9.59 Å². The molecule has 0 fully saturated rings. The number of rotatable bonds is 6. The summed E-state index contributed by atoms with van der Waals surface area (Å²) in [5.41, 5.74) is 7.74. The summed E-state index contributed by atoms with van der Waals surface area (Å²) in [5, 5.41) is 11.1. The van der Waals surface area contributed by atoms with Crippen LogP contribution in [0.1, 0.15) is 40.7 Å². The fourth-order valence-corrected chi connectivity index (χ4v) is 2.02. The lowest BCUT2D eigenvalue weighted by molar-refractivity contribution is -0.120. The van der Waals surface area contributed by atoms with Gasteiger partial charge in [-0.3, -0.25) is 9.59 Å². The molecule has 0 bridgehead atoms. The lowest BCUT2D eigenvalue weighted by atomic mass is 10.1. The molecule has 1 aromatic carbocycles. The number of aryl methyl sites for hydroxylation is 2. The van der Waals surface area contributed by atoms with Gasteiger partial charge in [0, 0.05) is 12.0 Å². The van der Waals surface area contributed by atoms with Gasteiger partial charge in [0.2, 0.25) is 5.91 Å². The summed E-state index contributed by atoms with van der Waals surface area (Å²) < 4.78 is 0. The van der Waals surface area contributed by atoms with Gasteiger partial charge < -0.3 is 11.1 Å². The molecule has 0 unspecified atom stereocenters. The molecule has 0 heterocycles. The number of nitrogens with one attached hydrogen (secondary N) is 1. The first-order valence-corrected chi connectivity index (χ1v) is 6.49. The van der Waals surface area contributed by atoms with E-state index in [0.717, 1.165) is 11.1 Å². The molecule has 1 atom stereocenters. The summed E-state index contributed by atoms with van der Waals surface area (Å²) in [7, 11) is 0. The van der Waals surface area contributed by atoms with Crippen molar-refractivity contribution in [2.24, 2.45) is 5.73 Å². The van der Waals surface area contributed by atoms with Crippen molar-refractivity contribution in [3.8, 4) is 6.07 Å². The van der Waals surface area contributed by atoms with Crippen LogP contribution in [0.5, 0.6) is 0 Å². The van der Waals surface area contributed by atoms with Gasteiger partial charge >= 0.3 is 0 Å². The Kier molecular flexibility index (Phi) is 5.73. The Bertz CT molecular complexity index is 526. The number of benzene rings is 1. The summed E-state index contributed by atoms with van der Waals surface area (Å²) in [6, 6.07) is 6.74. The molecule has 1 rings (SSSR count). The van der Waals surface area contributed by atoms with Crippen molar-refractivity contribution in [1.29, 1.82) is 5.26 Å². The Morgan fingerprint density at radius 3 is 2.40 bits per heavy atom. The van der Waals surface area contributed by atoms with Gasteiger partial charge in [-0.25, -0.2) is 0 Å². The minimum Gasteiger partial charge on any atom is -0.368 e. The summed E-state index contributed by atoms with van der Waals surface area (Å²) in [6.07, 6.45) is 1.24. The maximum Gasteiger partial charge on any atom is 0.251 e. The van der Waals surface area contributed by atoms with Crippen LogP contribution in [-0.4, -0.2) is 17.9 Å². The smallest absolute Gasteiger partial charge is 0.251 e. The van der Waals surface area contributed by atoms with E-state index in [9.17, 15) is 9.59 Å². The van der Waals surface area contributed by atoms with E-state index in [1.54, 1.807) is 12.1 Å². The minimum atomic E-state index is -0.739. The summed E-state index contributed by atoms with van der Waals surface area (Å²) in [6.45, 7) is 3.81. The Morgan fingerprint density at radius 2 is 1.90 bits per heavy atom. The Balaban J connectivity index is 2.75. The molecular weight excluding hydrogens is 254 g/mol. The average Bonchev–Trinajstić information content (AvgIpc) is 2.36. The second kappa shape index (κ2) is 7.29. The molecule has 0 aliphatic carbocycles. The van der Waals surface area contributed by atoms with Gasteiger partial charge in [-0.15, -0.1) is 0 Å². The van der Waals surface area contributed by atoms with E-state index < -0.39 is 11.9 Å². The number of nitriles is 1. The third kappa shape index (κ3) is 4.73. The minimum absolute atomic E-state index is 0.322. The molecule has 5 nitrogen and oxygen atoms in total. The van der Waals surface area contributed by atoms with E-state index in [1.165, 1.54) is 0 Å². The zero-order valence-corrected chi connectivity index (χ0v) is 11.8. The van der Waals surface area contributed by atoms with E-state index >= 15 is 0 Å². The maximum absolute atomic E-state index is 12.1. The van der Waals surface area contributed by atoms with Crippen LogP contribution in [0, 0.1) is 25.2 Å². The molecule has 0 aromatic heterocycles. The van der Waals surface area contributed by atoms with Gasteiger partial charge in [0.15, 0.2) is 0 Å². The molecule has 1 aromatic rings. The molecule has 0 aliphatic heterocycles. The summed E-state index contributed by atoms with van der Waals surface area (Å²) in [4.78, 5) is 23.4. The van der Waals surface area contributed by atoms with Crippen LogP contribution in [0.4, 0.5) is 0 Å². The van der Waals surface area contributed by atoms with Crippen molar-refractivity contribution in [2.75, 3.05) is 0 Å². The lowest BCUT2D eigenvalue weighted by Crippen LogP contribution is -2.44. The molecule has 5 heteroatoms. The van der Waals surface area contributed by atoms with E-state index in [4.69, 9.17) is 11.0 Å². The molecule has 0 spiro atoms. The van der Waals surface area contributed by atoms with Crippen LogP contribution in [0.2, 0.25) is 0 Å². The standard InChI is InChI=1S/C15H19N3O2/c1-10-7-11(2)9-12(8-10)15(20)18-13(14(17)19)5-3-4-6-16/h7-9,13H,3-5H2,1-2H3,(H2,17,19)(H,18,20)/t13-/m1/s1. The van der Waals surface area contributed by atoms with Crippen LogP contribution in [0.3, 0.4) is 0 Å². The van der Waals surface area contributed by atoms with Crippen LogP contribution in [-0.2, 0) is 4.79 Å². The zero-order chi connectivity index (χ0) is 15.1. The molecule has 0 saturated heterocycles. The van der Waals surface area contributed by atoms with Crippen LogP contribution in [0.15, 0.2) is 18.2 Å². The molecule has 20 heavy (non-hydrogen) atoms. The molecule has 0 radical (unpaired) electrons. The fraction of sp³-hybridized carbons (Fsp3) is 0.400. The molecule has 0 saturated carbocycles. The first-order chi connectivity index (χ1) is 9.43. The van der Waals surface area contributed by atoms with Crippen LogP contribution >= 0.6 is 0 Å². The normalized spacial score (nSPS) is 11.4. The number of unbranched alkanes of at least 4 members (excludes halogenated alkanes) is 1. The zero-order valence-electron chi connectivity index (χ0n) is 11.8. The van der Waals surface area contributed by atoms with Crippen molar-refractivity contribution >= 4 is 11.8 Å². The van der Waals surface area contributed by atoms with Crippen molar-refractivity contribution in [3.05, 3.63) is 34.9 Å². The fourth-order valence-electron chi connectivity index (χ4n) is 2.02. The number of primary amides is 1. The number of hydrogen-bond acceptors (Lipinski definition) is 3. The van der Waals surface area contributed by atoms with E-state index in [-0.39, 0.29) is 5.91 Å². The highest BCUT2D eigenvalue weighted by molar-refractivity contribution is 5.97. The second-order valence-corrected chi connectivity index (χ2v) is 4.86. The van der Waals surface area contributed by atoms with Crippen molar-refractivity contribution in [2.45, 2.75) is 39.2 Å². The first-order valence-electron chi connectivity index (χ1n) is 6.49. The number of carbonyl (C=O) groups is 2. The van der Waals surface area contributed by atoms with Gasteiger partial charge in [-0.05, 0) is 38.8 Å². The second-order valence-electron chi connectivity index (χ2n) is 4.86. The molecular formula is C15H19N3O2. The molecule has 2 amide bonds. The van der Waals surface area contributed by atoms with E-state index in [1.807, 2.05) is 26.0 Å². The number of carbonyl (C=O) groups excluding carboxylic acids is 2. The highest BCUT2D eigenvalue weighted by atomic mass is 16.2. The predicted octanol–water partition coefficient (Wildman–Crippen LogP) is 1.58. The van der Waals surface area contributed by atoms with Gasteiger partial charge in [-0.1, -0.05) is 17.2 Å².